The average Bonchev–Trinajstić information content (AvgIpc) is 3.03. The van der Waals surface area contributed by atoms with Crippen LogP contribution < -0.4 is 10.5 Å². The van der Waals surface area contributed by atoms with Crippen molar-refractivity contribution >= 4 is 21.1 Å². The molecule has 8 heteroatoms. The lowest BCUT2D eigenvalue weighted by molar-refractivity contribution is 0.453. The number of nitrogens with zero attached hydrogens (tertiary/aromatic N) is 3. The van der Waals surface area contributed by atoms with Crippen molar-refractivity contribution in [2.75, 3.05) is 6.54 Å². The van der Waals surface area contributed by atoms with Gasteiger partial charge < -0.3 is 5.73 Å². The van der Waals surface area contributed by atoms with Gasteiger partial charge in [-0.2, -0.15) is 5.10 Å². The largest absolute Gasteiger partial charge is 0.330 e. The van der Waals surface area contributed by atoms with Gasteiger partial charge in [0.05, 0.1) is 5.69 Å². The molecule has 3 N–H and O–H groups in total. The van der Waals surface area contributed by atoms with Crippen LogP contribution >= 0.6 is 0 Å². The second-order valence-electron chi connectivity index (χ2n) is 5.91. The third kappa shape index (κ3) is 2.62. The number of nitrogens with one attached hydrogen (secondary N) is 1. The van der Waals surface area contributed by atoms with Crippen molar-refractivity contribution in [3.05, 3.63) is 18.0 Å². The third-order valence-corrected chi connectivity index (χ3v) is 5.87. The van der Waals surface area contributed by atoms with E-state index in [1.165, 1.54) is 6.20 Å². The summed E-state index contributed by atoms with van der Waals surface area (Å²) in [6.45, 7) is 2.35. The molecule has 7 nitrogen and oxygen atoms in total. The number of nitrogens with two attached hydrogens (primary N) is 1. The molecule has 0 bridgehead atoms. The van der Waals surface area contributed by atoms with Gasteiger partial charge in [-0.25, -0.2) is 18.1 Å². The molecule has 0 aromatic carbocycles. The van der Waals surface area contributed by atoms with Gasteiger partial charge in [0.1, 0.15) is 4.90 Å². The van der Waals surface area contributed by atoms with E-state index in [4.69, 9.17) is 5.73 Å². The maximum atomic E-state index is 12.6. The molecule has 2 atom stereocenters. The Morgan fingerprint density at radius 1 is 1.45 bits per heavy atom. The summed E-state index contributed by atoms with van der Waals surface area (Å²) in [7, 11) is -1.80. The summed E-state index contributed by atoms with van der Waals surface area (Å²) in [4.78, 5) is 4.42. The number of hydrogen-bond donors (Lipinski definition) is 2. The van der Waals surface area contributed by atoms with Crippen LogP contribution in [0.25, 0.3) is 11.0 Å². The number of rotatable bonds is 4. The first-order valence-corrected chi connectivity index (χ1v) is 8.92. The van der Waals surface area contributed by atoms with Crippen LogP contribution in [-0.2, 0) is 17.1 Å². The number of pyridine rings is 1. The Hall–Kier alpha value is -1.51. The monoisotopic (exact) mass is 323 g/mol. The summed E-state index contributed by atoms with van der Waals surface area (Å²) in [5.41, 5.74) is 7.16. The van der Waals surface area contributed by atoms with Crippen molar-refractivity contribution in [3.63, 3.8) is 0 Å². The lowest BCUT2D eigenvalue weighted by atomic mass is 10.1. The van der Waals surface area contributed by atoms with Crippen molar-refractivity contribution in [3.8, 4) is 0 Å². The van der Waals surface area contributed by atoms with E-state index in [2.05, 4.69) is 14.8 Å². The Morgan fingerprint density at radius 3 is 2.95 bits per heavy atom. The zero-order valence-electron chi connectivity index (χ0n) is 12.8. The highest BCUT2D eigenvalue weighted by atomic mass is 32.2. The van der Waals surface area contributed by atoms with Gasteiger partial charge in [-0.05, 0) is 38.3 Å². The summed E-state index contributed by atoms with van der Waals surface area (Å²) in [6, 6.07) is 1.56. The molecular weight excluding hydrogens is 302 g/mol. The Kier molecular flexibility index (Phi) is 3.92. The second kappa shape index (κ2) is 5.60. The maximum Gasteiger partial charge on any atom is 0.242 e. The predicted octanol–water partition coefficient (Wildman–Crippen LogP) is 0.682. The van der Waals surface area contributed by atoms with E-state index < -0.39 is 10.0 Å². The lowest BCUT2D eigenvalue weighted by Gasteiger charge is -2.19. The summed E-state index contributed by atoms with van der Waals surface area (Å²) >= 11 is 0. The van der Waals surface area contributed by atoms with Crippen LogP contribution in [0, 0.1) is 12.8 Å². The smallest absolute Gasteiger partial charge is 0.242 e. The number of hydrogen-bond acceptors (Lipinski definition) is 5. The van der Waals surface area contributed by atoms with Gasteiger partial charge in [0.2, 0.25) is 10.0 Å². The van der Waals surface area contributed by atoms with E-state index in [1.807, 2.05) is 6.92 Å². The SMILES string of the molecule is Cc1nn(C)c2ncc(S(=O)(=O)N[C@H]3CCC[C@@H]3CN)cc12. The van der Waals surface area contributed by atoms with Crippen LogP contribution in [-0.4, -0.2) is 35.8 Å². The molecule has 2 aromatic heterocycles. The molecule has 0 aliphatic heterocycles. The maximum absolute atomic E-state index is 12.6. The zero-order valence-corrected chi connectivity index (χ0v) is 13.6. The minimum Gasteiger partial charge on any atom is -0.330 e. The van der Waals surface area contributed by atoms with Gasteiger partial charge in [-0.15, -0.1) is 0 Å². The Balaban J connectivity index is 1.93. The Labute approximate surface area is 130 Å². The van der Waals surface area contributed by atoms with Crippen molar-refractivity contribution in [1.29, 1.82) is 0 Å². The van der Waals surface area contributed by atoms with Crippen LogP contribution in [0.15, 0.2) is 17.2 Å². The summed E-state index contributed by atoms with van der Waals surface area (Å²) in [5.74, 6) is 0.214. The molecule has 1 saturated carbocycles. The molecule has 0 radical (unpaired) electrons. The molecular formula is C14H21N5O2S. The highest BCUT2D eigenvalue weighted by Crippen LogP contribution is 2.27. The fourth-order valence-corrected chi connectivity index (χ4v) is 4.49. The first kappa shape index (κ1) is 15.4. The molecule has 3 rings (SSSR count). The minimum absolute atomic E-state index is 0.0827. The highest BCUT2D eigenvalue weighted by Gasteiger charge is 2.30. The molecule has 2 aromatic rings. The van der Waals surface area contributed by atoms with Gasteiger partial charge >= 0.3 is 0 Å². The molecule has 22 heavy (non-hydrogen) atoms. The third-order valence-electron chi connectivity index (χ3n) is 4.42. The predicted molar refractivity (Wildman–Crippen MR) is 83.8 cm³/mol. The van der Waals surface area contributed by atoms with Gasteiger partial charge in [-0.1, -0.05) is 6.42 Å². The van der Waals surface area contributed by atoms with E-state index in [0.29, 0.717) is 12.2 Å². The van der Waals surface area contributed by atoms with E-state index in [9.17, 15) is 8.42 Å². The zero-order chi connectivity index (χ0) is 15.9. The molecule has 0 unspecified atom stereocenters. The van der Waals surface area contributed by atoms with E-state index in [0.717, 1.165) is 30.3 Å². The molecule has 1 aliphatic carbocycles. The van der Waals surface area contributed by atoms with Gasteiger partial charge in [-0.3, -0.25) is 4.68 Å². The quantitative estimate of drug-likeness (QED) is 0.861. The van der Waals surface area contributed by atoms with E-state index in [-0.39, 0.29) is 16.9 Å². The highest BCUT2D eigenvalue weighted by molar-refractivity contribution is 7.89. The summed E-state index contributed by atoms with van der Waals surface area (Å²) in [6.07, 6.45) is 4.21. The molecule has 0 spiro atoms. The van der Waals surface area contributed by atoms with Gasteiger partial charge in [0, 0.05) is 24.7 Å². The minimum atomic E-state index is -3.59. The molecule has 2 heterocycles. The molecule has 1 fully saturated rings. The van der Waals surface area contributed by atoms with Gasteiger partial charge in [0.15, 0.2) is 5.65 Å². The number of sulfonamides is 1. The second-order valence-corrected chi connectivity index (χ2v) is 7.62. The first-order valence-electron chi connectivity index (χ1n) is 7.44. The number of fused-ring (bicyclic) bond motifs is 1. The fraction of sp³-hybridized carbons (Fsp3) is 0.571. The molecule has 1 aliphatic rings. The first-order chi connectivity index (χ1) is 10.4. The summed E-state index contributed by atoms with van der Waals surface area (Å²) < 4.78 is 29.6. The van der Waals surface area contributed by atoms with Crippen LogP contribution in [0.1, 0.15) is 25.0 Å². The Morgan fingerprint density at radius 2 is 2.23 bits per heavy atom. The molecule has 120 valence electrons. The topological polar surface area (TPSA) is 103 Å². The van der Waals surface area contributed by atoms with Crippen LogP contribution in [0.4, 0.5) is 0 Å². The standard InChI is InChI=1S/C14H21N5O2S/c1-9-12-6-11(8-16-14(12)19(2)17-9)22(20,21)18-13-5-3-4-10(13)7-15/h6,8,10,13,18H,3-5,7,15H2,1-2H3/t10-,13+/m1/s1. The van der Waals surface area contributed by atoms with Crippen molar-refractivity contribution in [2.24, 2.45) is 18.7 Å². The lowest BCUT2D eigenvalue weighted by Crippen LogP contribution is -2.39. The normalized spacial score (nSPS) is 22.5. The molecule has 0 amide bonds. The van der Waals surface area contributed by atoms with Crippen LogP contribution in [0.2, 0.25) is 0 Å². The van der Waals surface area contributed by atoms with Crippen molar-refractivity contribution in [1.82, 2.24) is 19.5 Å². The Bertz CT molecular complexity index is 799. The van der Waals surface area contributed by atoms with Gasteiger partial charge in [0.25, 0.3) is 0 Å². The summed E-state index contributed by atoms with van der Waals surface area (Å²) in [5, 5.41) is 5.02. The average molecular weight is 323 g/mol. The van der Waals surface area contributed by atoms with Crippen LogP contribution in [0.3, 0.4) is 0 Å². The number of aryl methyl sites for hydroxylation is 2. The van der Waals surface area contributed by atoms with E-state index in [1.54, 1.807) is 17.8 Å². The van der Waals surface area contributed by atoms with Crippen molar-refractivity contribution in [2.45, 2.75) is 37.1 Å². The van der Waals surface area contributed by atoms with Crippen molar-refractivity contribution < 1.29 is 8.42 Å². The molecule has 0 saturated heterocycles. The van der Waals surface area contributed by atoms with E-state index >= 15 is 0 Å². The number of aromatic nitrogens is 3. The van der Waals surface area contributed by atoms with Crippen LogP contribution in [0.5, 0.6) is 0 Å². The fourth-order valence-electron chi connectivity index (χ4n) is 3.18.